The number of aromatic nitrogens is 1. The van der Waals surface area contributed by atoms with E-state index in [0.717, 1.165) is 5.56 Å². The minimum Gasteiger partial charge on any atom is -0.444 e. The van der Waals surface area contributed by atoms with Gasteiger partial charge < -0.3 is 4.42 Å². The summed E-state index contributed by atoms with van der Waals surface area (Å²) in [4.78, 5) is 15.1. The van der Waals surface area contributed by atoms with Gasteiger partial charge in [-0.15, -0.1) is 0 Å². The SMILES string of the molecule is CC(=O)c1coc(-c2ccc(C)cc2)n1. The van der Waals surface area contributed by atoms with E-state index in [1.165, 1.54) is 18.8 Å². The third kappa shape index (κ3) is 1.96. The molecule has 2 aromatic rings. The first kappa shape index (κ1) is 9.65. The monoisotopic (exact) mass is 201 g/mol. The zero-order valence-corrected chi connectivity index (χ0v) is 8.65. The van der Waals surface area contributed by atoms with Gasteiger partial charge >= 0.3 is 0 Å². The van der Waals surface area contributed by atoms with Crippen LogP contribution in [0.15, 0.2) is 34.9 Å². The van der Waals surface area contributed by atoms with Crippen molar-refractivity contribution in [3.8, 4) is 11.5 Å². The summed E-state index contributed by atoms with van der Waals surface area (Å²) in [5.41, 5.74) is 2.43. The highest BCUT2D eigenvalue weighted by Gasteiger charge is 2.08. The molecule has 76 valence electrons. The van der Waals surface area contributed by atoms with Crippen LogP contribution in [0.5, 0.6) is 0 Å². The van der Waals surface area contributed by atoms with Crippen LogP contribution in [-0.2, 0) is 0 Å². The standard InChI is InChI=1S/C12H11NO2/c1-8-3-5-10(6-4-8)12-13-11(7-15-12)9(2)14/h3-7H,1-2H3. The second kappa shape index (κ2) is 3.69. The second-order valence-electron chi connectivity index (χ2n) is 3.46. The van der Waals surface area contributed by atoms with Gasteiger partial charge in [-0.2, -0.15) is 0 Å². The lowest BCUT2D eigenvalue weighted by Gasteiger charge is -1.95. The maximum absolute atomic E-state index is 11.0. The van der Waals surface area contributed by atoms with Crippen molar-refractivity contribution in [2.24, 2.45) is 0 Å². The molecule has 2 rings (SSSR count). The summed E-state index contributed by atoms with van der Waals surface area (Å²) in [5.74, 6) is 0.400. The summed E-state index contributed by atoms with van der Waals surface area (Å²) in [6, 6.07) is 7.80. The van der Waals surface area contributed by atoms with E-state index in [1.807, 2.05) is 31.2 Å². The maximum atomic E-state index is 11.0. The van der Waals surface area contributed by atoms with E-state index in [9.17, 15) is 4.79 Å². The van der Waals surface area contributed by atoms with Crippen molar-refractivity contribution in [3.63, 3.8) is 0 Å². The first-order valence-electron chi connectivity index (χ1n) is 4.70. The Hall–Kier alpha value is -1.90. The molecule has 0 saturated carbocycles. The average Bonchev–Trinajstić information content (AvgIpc) is 2.68. The lowest BCUT2D eigenvalue weighted by Crippen LogP contribution is -1.91. The van der Waals surface area contributed by atoms with Gasteiger partial charge in [-0.3, -0.25) is 4.79 Å². The van der Waals surface area contributed by atoms with Gasteiger partial charge in [-0.1, -0.05) is 17.7 Å². The molecule has 0 unspecified atom stereocenters. The molecule has 1 aromatic carbocycles. The Kier molecular flexibility index (Phi) is 2.37. The van der Waals surface area contributed by atoms with Gasteiger partial charge in [0, 0.05) is 12.5 Å². The highest BCUT2D eigenvalue weighted by molar-refractivity contribution is 5.92. The molecule has 15 heavy (non-hydrogen) atoms. The molecule has 0 spiro atoms. The average molecular weight is 201 g/mol. The number of oxazole rings is 1. The van der Waals surface area contributed by atoms with E-state index in [1.54, 1.807) is 0 Å². The Morgan fingerprint density at radius 1 is 1.27 bits per heavy atom. The van der Waals surface area contributed by atoms with E-state index in [2.05, 4.69) is 4.98 Å². The minimum absolute atomic E-state index is 0.0860. The Balaban J connectivity index is 2.37. The second-order valence-corrected chi connectivity index (χ2v) is 3.46. The number of carbonyl (C=O) groups excluding carboxylic acids is 1. The van der Waals surface area contributed by atoms with Crippen LogP contribution in [-0.4, -0.2) is 10.8 Å². The van der Waals surface area contributed by atoms with Crippen molar-refractivity contribution in [3.05, 3.63) is 41.8 Å². The third-order valence-corrected chi connectivity index (χ3v) is 2.16. The van der Waals surface area contributed by atoms with Crippen molar-refractivity contribution in [2.45, 2.75) is 13.8 Å². The predicted octanol–water partition coefficient (Wildman–Crippen LogP) is 2.85. The molecule has 0 N–H and O–H groups in total. The van der Waals surface area contributed by atoms with Gasteiger partial charge in [0.25, 0.3) is 0 Å². The summed E-state index contributed by atoms with van der Waals surface area (Å²) in [6.45, 7) is 3.48. The molecule has 0 amide bonds. The van der Waals surface area contributed by atoms with Crippen molar-refractivity contribution in [1.29, 1.82) is 0 Å². The van der Waals surface area contributed by atoms with Gasteiger partial charge in [0.2, 0.25) is 5.89 Å². The molecule has 0 aliphatic rings. The molecule has 0 radical (unpaired) electrons. The molecule has 3 heteroatoms. The van der Waals surface area contributed by atoms with E-state index in [-0.39, 0.29) is 5.78 Å². The predicted molar refractivity (Wildman–Crippen MR) is 56.7 cm³/mol. The molecule has 0 aliphatic heterocycles. The van der Waals surface area contributed by atoms with Crippen LogP contribution in [0.4, 0.5) is 0 Å². The fourth-order valence-corrected chi connectivity index (χ4v) is 1.26. The quantitative estimate of drug-likeness (QED) is 0.701. The number of Topliss-reactive ketones (excluding diaryl/α,β-unsaturated/α-hetero) is 1. The largest absolute Gasteiger partial charge is 0.444 e. The Labute approximate surface area is 87.8 Å². The van der Waals surface area contributed by atoms with E-state index in [0.29, 0.717) is 11.6 Å². The van der Waals surface area contributed by atoms with Gasteiger partial charge in [0.1, 0.15) is 12.0 Å². The molecular weight excluding hydrogens is 190 g/mol. The van der Waals surface area contributed by atoms with Crippen LogP contribution < -0.4 is 0 Å². The van der Waals surface area contributed by atoms with Gasteiger partial charge in [0.15, 0.2) is 5.78 Å². The lowest BCUT2D eigenvalue weighted by molar-refractivity contribution is 0.101. The Morgan fingerprint density at radius 3 is 2.47 bits per heavy atom. The van der Waals surface area contributed by atoms with Crippen LogP contribution >= 0.6 is 0 Å². The molecule has 0 bridgehead atoms. The van der Waals surface area contributed by atoms with Crippen molar-refractivity contribution in [2.75, 3.05) is 0 Å². The van der Waals surface area contributed by atoms with Gasteiger partial charge in [-0.25, -0.2) is 4.98 Å². The fraction of sp³-hybridized carbons (Fsp3) is 0.167. The number of rotatable bonds is 2. The zero-order valence-electron chi connectivity index (χ0n) is 8.65. The molecule has 0 aliphatic carbocycles. The van der Waals surface area contributed by atoms with E-state index >= 15 is 0 Å². The molecule has 1 aromatic heterocycles. The molecule has 3 nitrogen and oxygen atoms in total. The van der Waals surface area contributed by atoms with Crippen LogP contribution in [0.2, 0.25) is 0 Å². The third-order valence-electron chi connectivity index (χ3n) is 2.16. The molecular formula is C12H11NO2. The number of hydrogen-bond donors (Lipinski definition) is 0. The van der Waals surface area contributed by atoms with Crippen LogP contribution in [0, 0.1) is 6.92 Å². The number of aryl methyl sites for hydroxylation is 1. The summed E-state index contributed by atoms with van der Waals surface area (Å²) >= 11 is 0. The van der Waals surface area contributed by atoms with Crippen molar-refractivity contribution < 1.29 is 9.21 Å². The summed E-state index contributed by atoms with van der Waals surface area (Å²) in [7, 11) is 0. The van der Waals surface area contributed by atoms with E-state index in [4.69, 9.17) is 4.42 Å². The number of carbonyl (C=O) groups is 1. The van der Waals surface area contributed by atoms with Gasteiger partial charge in [0.05, 0.1) is 0 Å². The zero-order chi connectivity index (χ0) is 10.8. The number of hydrogen-bond acceptors (Lipinski definition) is 3. The van der Waals surface area contributed by atoms with Crippen molar-refractivity contribution in [1.82, 2.24) is 4.98 Å². The first-order valence-corrected chi connectivity index (χ1v) is 4.70. The number of nitrogens with zero attached hydrogens (tertiary/aromatic N) is 1. The summed E-state index contributed by atoms with van der Waals surface area (Å²) in [5, 5.41) is 0. The van der Waals surface area contributed by atoms with Crippen molar-refractivity contribution >= 4 is 5.78 Å². The van der Waals surface area contributed by atoms with Crippen LogP contribution in [0.3, 0.4) is 0 Å². The Bertz CT molecular complexity index is 483. The number of ketones is 1. The van der Waals surface area contributed by atoms with Crippen LogP contribution in [0.1, 0.15) is 23.0 Å². The molecule has 0 atom stereocenters. The smallest absolute Gasteiger partial charge is 0.226 e. The first-order chi connectivity index (χ1) is 7.16. The number of benzene rings is 1. The van der Waals surface area contributed by atoms with E-state index < -0.39 is 0 Å². The van der Waals surface area contributed by atoms with Crippen LogP contribution in [0.25, 0.3) is 11.5 Å². The summed E-state index contributed by atoms with van der Waals surface area (Å²) in [6.07, 6.45) is 1.39. The minimum atomic E-state index is -0.0860. The Morgan fingerprint density at radius 2 is 1.93 bits per heavy atom. The normalized spacial score (nSPS) is 10.3. The molecule has 1 heterocycles. The highest BCUT2D eigenvalue weighted by Crippen LogP contribution is 2.19. The fourth-order valence-electron chi connectivity index (χ4n) is 1.26. The molecule has 0 saturated heterocycles. The van der Waals surface area contributed by atoms with Gasteiger partial charge in [-0.05, 0) is 19.1 Å². The summed E-state index contributed by atoms with van der Waals surface area (Å²) < 4.78 is 5.22. The topological polar surface area (TPSA) is 43.1 Å². The highest BCUT2D eigenvalue weighted by atomic mass is 16.3. The molecule has 0 fully saturated rings. The maximum Gasteiger partial charge on any atom is 0.226 e. The lowest BCUT2D eigenvalue weighted by atomic mass is 10.1.